The van der Waals surface area contributed by atoms with E-state index in [0.29, 0.717) is 11.3 Å². The molecule has 0 bridgehead atoms. The molecule has 1 aliphatic heterocycles. The van der Waals surface area contributed by atoms with E-state index in [1.54, 1.807) is 19.1 Å². The van der Waals surface area contributed by atoms with Gasteiger partial charge in [0.2, 0.25) is 16.6 Å². The van der Waals surface area contributed by atoms with Crippen LogP contribution in [0.25, 0.3) is 5.76 Å². The largest absolute Gasteiger partial charge is 0.483 e. The molecule has 0 aromatic carbocycles. The van der Waals surface area contributed by atoms with E-state index in [9.17, 15) is 14.9 Å². The van der Waals surface area contributed by atoms with Gasteiger partial charge in [-0.05, 0) is 58.4 Å². The molecule has 0 N–H and O–H groups in total. The van der Waals surface area contributed by atoms with Gasteiger partial charge in [0.25, 0.3) is 5.69 Å². The second-order valence-electron chi connectivity index (χ2n) is 13.7. The Morgan fingerprint density at radius 3 is 1.89 bits per heavy atom. The number of esters is 1. The summed E-state index contributed by atoms with van der Waals surface area (Å²) < 4.78 is 26.7. The van der Waals surface area contributed by atoms with Gasteiger partial charge in [0.15, 0.2) is 0 Å². The van der Waals surface area contributed by atoms with E-state index in [-0.39, 0.29) is 45.5 Å². The van der Waals surface area contributed by atoms with E-state index >= 15 is 0 Å². The van der Waals surface area contributed by atoms with Crippen LogP contribution in [-0.4, -0.2) is 57.4 Å². The molecular formula is C33H56N2O7Si2. The van der Waals surface area contributed by atoms with Gasteiger partial charge in [0.05, 0.1) is 23.2 Å². The third-order valence-corrected chi connectivity index (χ3v) is 21.5. The highest BCUT2D eigenvalue weighted by Crippen LogP contribution is 2.48. The summed E-state index contributed by atoms with van der Waals surface area (Å²) in [6, 6.07) is 1.59. The summed E-state index contributed by atoms with van der Waals surface area (Å²) in [4.78, 5) is 28.1. The normalized spacial score (nSPS) is 19.9. The molecule has 9 nitrogen and oxygen atoms in total. The summed E-state index contributed by atoms with van der Waals surface area (Å²) in [6.45, 7) is 28.7. The summed E-state index contributed by atoms with van der Waals surface area (Å²) in [5.41, 5.74) is 1.85. The Morgan fingerprint density at radius 2 is 1.43 bits per heavy atom. The number of hydrogen-bond acceptors (Lipinski definition) is 8. The number of nitrogens with zero attached hydrogens (tertiary/aromatic N) is 2. The van der Waals surface area contributed by atoms with Gasteiger partial charge >= 0.3 is 5.97 Å². The van der Waals surface area contributed by atoms with Crippen molar-refractivity contribution < 1.29 is 28.0 Å². The minimum Gasteiger partial charge on any atom is -0.483 e. The molecular weight excluding hydrogens is 593 g/mol. The molecule has 2 heterocycles. The zero-order chi connectivity index (χ0) is 33.6. The lowest BCUT2D eigenvalue weighted by Gasteiger charge is -2.51. The predicted molar refractivity (Wildman–Crippen MR) is 181 cm³/mol. The smallest absolute Gasteiger partial charge is 0.330 e. The van der Waals surface area contributed by atoms with Crippen LogP contribution in [0.3, 0.4) is 0 Å². The third-order valence-electron chi connectivity index (χ3n) is 9.29. The highest BCUT2D eigenvalue weighted by Gasteiger charge is 2.53. The molecule has 1 aromatic rings. The molecule has 0 fully saturated rings. The molecule has 0 amide bonds. The minimum atomic E-state index is -2.50. The topological polar surface area (TPSA) is 110 Å². The maximum Gasteiger partial charge on any atom is 0.330 e. The van der Waals surface area contributed by atoms with E-state index in [4.69, 9.17) is 18.3 Å². The first-order valence-corrected chi connectivity index (χ1v) is 20.4. The first-order chi connectivity index (χ1) is 20.5. The minimum absolute atomic E-state index is 0.166. The van der Waals surface area contributed by atoms with Gasteiger partial charge in [-0.2, -0.15) is 0 Å². The van der Waals surface area contributed by atoms with Crippen molar-refractivity contribution in [2.45, 2.75) is 142 Å². The fourth-order valence-corrected chi connectivity index (χ4v) is 18.7. The summed E-state index contributed by atoms with van der Waals surface area (Å²) >= 11 is 0. The maximum absolute atomic E-state index is 12.5. The Bertz CT molecular complexity index is 1140. The number of carbonyl (C=O) groups is 1. The van der Waals surface area contributed by atoms with Crippen LogP contribution >= 0.6 is 0 Å². The first-order valence-electron chi connectivity index (χ1n) is 16.1. The molecule has 0 unspecified atom stereocenters. The fraction of sp³-hybridized carbons (Fsp3) is 0.697. The van der Waals surface area contributed by atoms with Gasteiger partial charge in [-0.1, -0.05) is 83.1 Å². The van der Waals surface area contributed by atoms with Crippen molar-refractivity contribution in [3.05, 3.63) is 52.4 Å². The average Bonchev–Trinajstić information content (AvgIpc) is 2.92. The lowest BCUT2D eigenvalue weighted by molar-refractivity contribution is -0.385. The van der Waals surface area contributed by atoms with Crippen molar-refractivity contribution in [1.29, 1.82) is 0 Å². The Balaban J connectivity index is 2.95. The van der Waals surface area contributed by atoms with Crippen molar-refractivity contribution in [3.63, 3.8) is 0 Å². The van der Waals surface area contributed by atoms with Gasteiger partial charge in [0, 0.05) is 12.3 Å². The molecule has 0 saturated carbocycles. The predicted octanol–water partition coefficient (Wildman–Crippen LogP) is 8.97. The van der Waals surface area contributed by atoms with Crippen LogP contribution in [0.1, 0.15) is 95.6 Å². The van der Waals surface area contributed by atoms with Gasteiger partial charge in [-0.3, -0.25) is 15.1 Å². The molecule has 1 aromatic heterocycles. The standard InChI is InChI=1S/C33H56N2O7Si2/c1-14-39-32(36)16-15-29-33(42-44(24(8)9,25(10)11)26(12)13)31(41-43(21(2)3,22(4)5)23(6)7)19-30(40-29)27-17-18-34-20-28(27)35(37)38/h15-26,29,31,33H,14H2,1-13H3/b16-15+/t29-,31-,33-/m1/s1. The van der Waals surface area contributed by atoms with Gasteiger partial charge in [0.1, 0.15) is 24.2 Å². The maximum atomic E-state index is 12.5. The zero-order valence-corrected chi connectivity index (χ0v) is 31.1. The van der Waals surface area contributed by atoms with Crippen molar-refractivity contribution in [1.82, 2.24) is 4.98 Å². The van der Waals surface area contributed by atoms with Crippen molar-refractivity contribution in [3.8, 4) is 0 Å². The number of hydrogen-bond donors (Lipinski definition) is 0. The molecule has 2 rings (SSSR count). The Hall–Kier alpha value is -2.35. The molecule has 0 aliphatic carbocycles. The van der Waals surface area contributed by atoms with Crippen LogP contribution < -0.4 is 0 Å². The number of carbonyl (C=O) groups excluding carboxylic acids is 1. The molecule has 248 valence electrons. The summed E-state index contributed by atoms with van der Waals surface area (Å²) in [6.07, 6.45) is 5.71. The lowest BCUT2D eigenvalue weighted by Crippen LogP contribution is -2.59. The van der Waals surface area contributed by atoms with Gasteiger partial charge in [-0.25, -0.2) is 4.79 Å². The van der Waals surface area contributed by atoms with E-state index in [1.807, 2.05) is 6.08 Å². The van der Waals surface area contributed by atoms with E-state index in [0.717, 1.165) is 0 Å². The summed E-state index contributed by atoms with van der Waals surface area (Å²) in [5, 5.41) is 12.1. The highest BCUT2D eigenvalue weighted by atomic mass is 28.4. The van der Waals surface area contributed by atoms with Crippen LogP contribution in [0.15, 0.2) is 36.7 Å². The number of pyridine rings is 1. The molecule has 0 radical (unpaired) electrons. The van der Waals surface area contributed by atoms with Crippen LogP contribution in [0, 0.1) is 10.1 Å². The zero-order valence-electron chi connectivity index (χ0n) is 29.1. The number of nitro groups is 1. The van der Waals surface area contributed by atoms with E-state index in [2.05, 4.69) is 88.1 Å². The monoisotopic (exact) mass is 648 g/mol. The van der Waals surface area contributed by atoms with Crippen molar-refractivity contribution in [2.75, 3.05) is 6.61 Å². The van der Waals surface area contributed by atoms with Gasteiger partial charge < -0.3 is 18.3 Å². The number of aromatic nitrogens is 1. The summed E-state index contributed by atoms with van der Waals surface area (Å²) in [5.74, 6) is -0.179. The molecule has 11 heteroatoms. The van der Waals surface area contributed by atoms with Crippen LogP contribution in [0.4, 0.5) is 5.69 Å². The fourth-order valence-electron chi connectivity index (χ4n) is 7.61. The molecule has 0 saturated heterocycles. The average molecular weight is 649 g/mol. The third kappa shape index (κ3) is 7.89. The Kier molecular flexibility index (Phi) is 13.6. The van der Waals surface area contributed by atoms with Crippen LogP contribution in [-0.2, 0) is 23.1 Å². The van der Waals surface area contributed by atoms with E-state index in [1.165, 1.54) is 18.5 Å². The molecule has 1 aliphatic rings. The highest BCUT2D eigenvalue weighted by molar-refractivity contribution is 6.78. The van der Waals surface area contributed by atoms with Crippen molar-refractivity contribution in [2.24, 2.45) is 0 Å². The van der Waals surface area contributed by atoms with Crippen LogP contribution in [0.2, 0.25) is 33.2 Å². The second-order valence-corrected chi connectivity index (χ2v) is 24.5. The SMILES string of the molecule is CCOC(=O)/C=C/[C@H]1OC(c2ccncc2[N+](=O)[O-])=C[C@@H](O[Si](C(C)C)(C(C)C)C(C)C)[C@@H]1O[Si](C(C)C)(C(C)C)C(C)C. The first kappa shape index (κ1) is 37.8. The molecule has 44 heavy (non-hydrogen) atoms. The Morgan fingerprint density at radius 1 is 0.932 bits per heavy atom. The van der Waals surface area contributed by atoms with Gasteiger partial charge in [-0.15, -0.1) is 0 Å². The molecule has 0 spiro atoms. The summed E-state index contributed by atoms with van der Waals surface area (Å²) in [7, 11) is -4.99. The molecule has 3 atom stereocenters. The van der Waals surface area contributed by atoms with Crippen molar-refractivity contribution >= 4 is 34.1 Å². The quantitative estimate of drug-likeness (QED) is 0.0609. The Labute approximate surface area is 267 Å². The lowest BCUT2D eigenvalue weighted by atomic mass is 10.0. The van der Waals surface area contributed by atoms with Crippen LogP contribution in [0.5, 0.6) is 0 Å². The van der Waals surface area contributed by atoms with E-state index < -0.39 is 45.8 Å². The number of rotatable bonds is 15. The number of ether oxygens (including phenoxy) is 2. The second kappa shape index (κ2) is 15.8.